The third-order valence-electron chi connectivity index (χ3n) is 4.26. The molecule has 3 rings (SSSR count). The first-order chi connectivity index (χ1) is 12.1. The Hall–Kier alpha value is -1.86. The van der Waals surface area contributed by atoms with E-state index in [1.165, 1.54) is 47.1 Å². The van der Waals surface area contributed by atoms with Crippen molar-refractivity contribution in [1.82, 2.24) is 0 Å². The monoisotopic (exact) mass is 394 g/mol. The Balaban J connectivity index is 0.000000236. The fraction of sp³-hybridized carbons (Fsp3) is 0.250. The smallest absolute Gasteiger partial charge is 0.0175 e. The minimum atomic E-state index is 1.14. The average Bonchev–Trinajstić information content (AvgIpc) is 2.64. The van der Waals surface area contributed by atoms with E-state index in [4.69, 9.17) is 0 Å². The highest BCUT2D eigenvalue weighted by atomic mass is 79.9. The largest absolute Gasteiger partial charge is 0.0654 e. The lowest BCUT2D eigenvalue weighted by molar-refractivity contribution is 0.796. The van der Waals surface area contributed by atoms with Crippen LogP contribution in [0.2, 0.25) is 0 Å². The molecule has 0 aliphatic heterocycles. The van der Waals surface area contributed by atoms with Gasteiger partial charge in [0.15, 0.2) is 0 Å². The third-order valence-corrected chi connectivity index (χ3v) is 4.79. The molecule has 1 heteroatoms. The Morgan fingerprint density at radius 1 is 0.720 bits per heavy atom. The Bertz CT molecular complexity index is 751. The molecule has 0 aliphatic rings. The van der Waals surface area contributed by atoms with Crippen molar-refractivity contribution in [2.24, 2.45) is 0 Å². The second kappa shape index (κ2) is 10.2. The molecular formula is C24H27Br. The standard InChI is InChI=1S/C17H20.C7H7Br/c1-3-4-10-15-11-6-8-13-17(15)16-12-7-5-9-14(16)2;1-6-2-4-7(8)5-3-6/h5-9,11-13H,3-4,10H2,1-2H3;2-5H,1H3. The number of benzene rings is 3. The summed E-state index contributed by atoms with van der Waals surface area (Å²) in [6.45, 7) is 6.51. The number of halogens is 1. The summed E-state index contributed by atoms with van der Waals surface area (Å²) in [5.74, 6) is 0. The highest BCUT2D eigenvalue weighted by molar-refractivity contribution is 9.10. The van der Waals surface area contributed by atoms with E-state index in [1.54, 1.807) is 0 Å². The predicted octanol–water partition coefficient (Wildman–Crippen LogP) is 7.76. The Labute approximate surface area is 161 Å². The second-order valence-electron chi connectivity index (χ2n) is 6.37. The molecular weight excluding hydrogens is 368 g/mol. The third kappa shape index (κ3) is 6.17. The van der Waals surface area contributed by atoms with E-state index in [1.807, 2.05) is 12.1 Å². The van der Waals surface area contributed by atoms with E-state index >= 15 is 0 Å². The van der Waals surface area contributed by atoms with Gasteiger partial charge in [-0.1, -0.05) is 95.5 Å². The van der Waals surface area contributed by atoms with E-state index in [2.05, 4.69) is 97.4 Å². The van der Waals surface area contributed by atoms with Gasteiger partial charge in [0.1, 0.15) is 0 Å². The van der Waals surface area contributed by atoms with Gasteiger partial charge in [0.2, 0.25) is 0 Å². The van der Waals surface area contributed by atoms with Crippen LogP contribution in [-0.4, -0.2) is 0 Å². The van der Waals surface area contributed by atoms with Crippen LogP contribution in [0.3, 0.4) is 0 Å². The molecule has 0 fully saturated rings. The van der Waals surface area contributed by atoms with Crippen LogP contribution in [0.1, 0.15) is 36.5 Å². The van der Waals surface area contributed by atoms with Gasteiger partial charge in [-0.3, -0.25) is 0 Å². The zero-order chi connectivity index (χ0) is 18.1. The number of aryl methyl sites for hydroxylation is 3. The molecule has 0 heterocycles. The average molecular weight is 395 g/mol. The second-order valence-corrected chi connectivity index (χ2v) is 7.29. The van der Waals surface area contributed by atoms with E-state index in [-0.39, 0.29) is 0 Å². The normalized spacial score (nSPS) is 10.1. The highest BCUT2D eigenvalue weighted by Crippen LogP contribution is 2.27. The van der Waals surface area contributed by atoms with Gasteiger partial charge >= 0.3 is 0 Å². The Morgan fingerprint density at radius 3 is 1.92 bits per heavy atom. The SMILES string of the molecule is CCCCc1ccccc1-c1ccccc1C.Cc1ccc(Br)cc1. The molecule has 3 aromatic carbocycles. The van der Waals surface area contributed by atoms with Crippen LogP contribution in [0.5, 0.6) is 0 Å². The van der Waals surface area contributed by atoms with Crippen molar-refractivity contribution in [3.05, 3.63) is 94.0 Å². The topological polar surface area (TPSA) is 0 Å². The Kier molecular flexibility index (Phi) is 7.94. The van der Waals surface area contributed by atoms with Gasteiger partial charge in [-0.25, -0.2) is 0 Å². The molecule has 0 aromatic heterocycles. The maximum absolute atomic E-state index is 3.35. The summed E-state index contributed by atoms with van der Waals surface area (Å²) in [7, 11) is 0. The summed E-state index contributed by atoms with van der Waals surface area (Å²) >= 11 is 3.35. The van der Waals surface area contributed by atoms with Gasteiger partial charge in [-0.2, -0.15) is 0 Å². The molecule has 0 saturated heterocycles. The minimum absolute atomic E-state index is 1.14. The van der Waals surface area contributed by atoms with E-state index < -0.39 is 0 Å². The van der Waals surface area contributed by atoms with Crippen LogP contribution in [0.15, 0.2) is 77.3 Å². The maximum Gasteiger partial charge on any atom is 0.0175 e. The maximum atomic E-state index is 3.35. The fourth-order valence-corrected chi connectivity index (χ4v) is 3.04. The van der Waals surface area contributed by atoms with Gasteiger partial charge in [0, 0.05) is 4.47 Å². The molecule has 0 aliphatic carbocycles. The molecule has 3 aromatic rings. The predicted molar refractivity (Wildman–Crippen MR) is 114 cm³/mol. The van der Waals surface area contributed by atoms with E-state index in [0.29, 0.717) is 0 Å². The first-order valence-corrected chi connectivity index (χ1v) is 9.77. The molecule has 0 radical (unpaired) electrons. The summed E-state index contributed by atoms with van der Waals surface area (Å²) in [5, 5.41) is 0. The van der Waals surface area contributed by atoms with Gasteiger partial charge < -0.3 is 0 Å². The van der Waals surface area contributed by atoms with Crippen LogP contribution < -0.4 is 0 Å². The van der Waals surface area contributed by atoms with E-state index in [0.717, 1.165) is 4.47 Å². The quantitative estimate of drug-likeness (QED) is 0.423. The first kappa shape index (κ1) is 19.5. The van der Waals surface area contributed by atoms with E-state index in [9.17, 15) is 0 Å². The number of rotatable bonds is 4. The molecule has 0 saturated carbocycles. The van der Waals surface area contributed by atoms with Crippen LogP contribution in [0.25, 0.3) is 11.1 Å². The molecule has 0 spiro atoms. The molecule has 0 unspecified atom stereocenters. The summed E-state index contributed by atoms with van der Waals surface area (Å²) in [5.41, 5.74) is 6.91. The molecule has 0 N–H and O–H groups in total. The lowest BCUT2D eigenvalue weighted by atomic mass is 9.93. The number of hydrogen-bond donors (Lipinski definition) is 0. The van der Waals surface area contributed by atoms with Crippen molar-refractivity contribution in [2.75, 3.05) is 0 Å². The molecule has 0 atom stereocenters. The van der Waals surface area contributed by atoms with Crippen molar-refractivity contribution in [2.45, 2.75) is 40.0 Å². The van der Waals surface area contributed by atoms with Crippen molar-refractivity contribution >= 4 is 15.9 Å². The molecule has 0 nitrogen and oxygen atoms in total. The van der Waals surface area contributed by atoms with Crippen LogP contribution in [0.4, 0.5) is 0 Å². The summed E-state index contributed by atoms with van der Waals surface area (Å²) in [6, 6.07) is 25.6. The van der Waals surface area contributed by atoms with Crippen molar-refractivity contribution < 1.29 is 0 Å². The van der Waals surface area contributed by atoms with Crippen LogP contribution in [-0.2, 0) is 6.42 Å². The minimum Gasteiger partial charge on any atom is -0.0654 e. The van der Waals surface area contributed by atoms with Crippen molar-refractivity contribution in [1.29, 1.82) is 0 Å². The highest BCUT2D eigenvalue weighted by Gasteiger charge is 2.05. The molecule has 25 heavy (non-hydrogen) atoms. The van der Waals surface area contributed by atoms with Gasteiger partial charge in [-0.05, 0) is 61.1 Å². The fourth-order valence-electron chi connectivity index (χ4n) is 2.78. The van der Waals surface area contributed by atoms with Crippen molar-refractivity contribution in [3.63, 3.8) is 0 Å². The summed E-state index contributed by atoms with van der Waals surface area (Å²) < 4.78 is 1.14. The lowest BCUT2D eigenvalue weighted by Gasteiger charge is -2.11. The Morgan fingerprint density at radius 2 is 1.32 bits per heavy atom. The molecule has 0 bridgehead atoms. The zero-order valence-corrected chi connectivity index (χ0v) is 17.0. The van der Waals surface area contributed by atoms with Crippen LogP contribution >= 0.6 is 15.9 Å². The number of unbranched alkanes of at least 4 members (excludes halogenated alkanes) is 1. The van der Waals surface area contributed by atoms with Crippen LogP contribution in [0, 0.1) is 13.8 Å². The first-order valence-electron chi connectivity index (χ1n) is 8.98. The summed E-state index contributed by atoms with van der Waals surface area (Å²) in [4.78, 5) is 0. The zero-order valence-electron chi connectivity index (χ0n) is 15.4. The molecule has 0 amide bonds. The summed E-state index contributed by atoms with van der Waals surface area (Å²) in [6.07, 6.45) is 3.70. The molecule has 130 valence electrons. The number of hydrogen-bond acceptors (Lipinski definition) is 0. The van der Waals surface area contributed by atoms with Gasteiger partial charge in [0.05, 0.1) is 0 Å². The van der Waals surface area contributed by atoms with Gasteiger partial charge in [0.25, 0.3) is 0 Å². The lowest BCUT2D eigenvalue weighted by Crippen LogP contribution is -1.91. The van der Waals surface area contributed by atoms with Crippen molar-refractivity contribution in [3.8, 4) is 11.1 Å². The van der Waals surface area contributed by atoms with Gasteiger partial charge in [-0.15, -0.1) is 0 Å².